The van der Waals surface area contributed by atoms with E-state index in [1.54, 1.807) is 0 Å². The molecule has 3 atom stereocenters. The zero-order valence-corrected chi connectivity index (χ0v) is 44.0. The summed E-state index contributed by atoms with van der Waals surface area (Å²) in [4.78, 5) is 12.5. The van der Waals surface area contributed by atoms with Crippen molar-refractivity contribution >= 4 is 5.91 Å². The summed E-state index contributed by atoms with van der Waals surface area (Å²) in [7, 11) is 0. The number of nitrogens with one attached hydrogen (secondary N) is 1. The van der Waals surface area contributed by atoms with Crippen molar-refractivity contribution in [3.05, 3.63) is 0 Å². The van der Waals surface area contributed by atoms with Crippen LogP contribution in [-0.4, -0.2) is 46.1 Å². The van der Waals surface area contributed by atoms with E-state index in [-0.39, 0.29) is 12.5 Å². The first-order valence-electron chi connectivity index (χ1n) is 29.8. The van der Waals surface area contributed by atoms with Crippen LogP contribution in [0, 0.1) is 0 Å². The Kier molecular flexibility index (Phi) is 54.4. The molecule has 64 heavy (non-hydrogen) atoms. The van der Waals surface area contributed by atoms with Gasteiger partial charge >= 0.3 is 0 Å². The van der Waals surface area contributed by atoms with E-state index in [2.05, 4.69) is 19.2 Å². The van der Waals surface area contributed by atoms with Crippen LogP contribution in [-0.2, 0) is 4.79 Å². The maximum atomic E-state index is 12.5. The first-order chi connectivity index (χ1) is 31.6. The Hall–Kier alpha value is -0.650. The topological polar surface area (TPSA) is 89.8 Å². The molecule has 0 aromatic carbocycles. The van der Waals surface area contributed by atoms with Crippen molar-refractivity contribution in [2.45, 2.75) is 366 Å². The second-order valence-corrected chi connectivity index (χ2v) is 20.9. The minimum atomic E-state index is -1.13. The van der Waals surface area contributed by atoms with Crippen molar-refractivity contribution in [2.75, 3.05) is 6.61 Å². The molecule has 0 spiro atoms. The van der Waals surface area contributed by atoms with Gasteiger partial charge < -0.3 is 20.6 Å². The van der Waals surface area contributed by atoms with E-state index in [9.17, 15) is 20.1 Å². The third-order valence-electron chi connectivity index (χ3n) is 14.5. The first-order valence-corrected chi connectivity index (χ1v) is 29.8. The van der Waals surface area contributed by atoms with Crippen LogP contribution in [0.25, 0.3) is 0 Å². The Morgan fingerprint density at radius 1 is 0.328 bits per heavy atom. The van der Waals surface area contributed by atoms with Crippen LogP contribution in [0.15, 0.2) is 0 Å². The highest BCUT2D eigenvalue weighted by Crippen LogP contribution is 2.19. The Labute approximate surface area is 402 Å². The lowest BCUT2D eigenvalue weighted by Crippen LogP contribution is -2.50. The Morgan fingerprint density at radius 2 is 0.531 bits per heavy atom. The maximum Gasteiger partial charge on any atom is 0.220 e. The van der Waals surface area contributed by atoms with Crippen molar-refractivity contribution in [1.82, 2.24) is 5.32 Å². The standard InChI is InChI=1S/C59H119NO4/c1-3-5-7-9-11-13-15-17-19-21-23-25-26-27-28-29-30-31-32-33-34-36-38-40-42-44-46-48-50-52-54-58(63)60-56(55-61)59(64)57(62)53-51-49-47-45-43-41-39-37-35-24-22-20-18-16-14-12-10-8-6-4-2/h56-57,59,61-62,64H,3-55H2,1-2H3,(H,60,63). The minimum Gasteiger partial charge on any atom is -0.394 e. The number of rotatable bonds is 56. The minimum absolute atomic E-state index is 0.135. The number of hydrogen-bond acceptors (Lipinski definition) is 4. The summed E-state index contributed by atoms with van der Waals surface area (Å²) in [6.07, 6.45) is 67.0. The molecule has 0 aromatic heterocycles. The first kappa shape index (κ1) is 63.4. The van der Waals surface area contributed by atoms with E-state index in [0.29, 0.717) is 12.8 Å². The van der Waals surface area contributed by atoms with Gasteiger partial charge in [-0.25, -0.2) is 0 Å². The van der Waals surface area contributed by atoms with Gasteiger partial charge in [0, 0.05) is 6.42 Å². The van der Waals surface area contributed by atoms with E-state index < -0.39 is 18.2 Å². The largest absolute Gasteiger partial charge is 0.394 e. The highest BCUT2D eigenvalue weighted by atomic mass is 16.3. The molecule has 384 valence electrons. The molecule has 0 fully saturated rings. The van der Waals surface area contributed by atoms with Gasteiger partial charge in [0.1, 0.15) is 6.10 Å². The molecule has 0 saturated heterocycles. The molecule has 4 N–H and O–H groups in total. The molecular formula is C59H119NO4. The van der Waals surface area contributed by atoms with E-state index in [1.165, 1.54) is 289 Å². The molecule has 0 bridgehead atoms. The average molecular weight is 907 g/mol. The van der Waals surface area contributed by atoms with Gasteiger partial charge in [0.05, 0.1) is 18.8 Å². The lowest BCUT2D eigenvalue weighted by molar-refractivity contribution is -0.124. The summed E-state index contributed by atoms with van der Waals surface area (Å²) in [6.45, 7) is 4.23. The number of hydrogen-bond donors (Lipinski definition) is 4. The van der Waals surface area contributed by atoms with Crippen LogP contribution in [0.3, 0.4) is 0 Å². The SMILES string of the molecule is CCCCCCCCCCCCCCCCCCCCCCCCCCCCCCCCC(=O)NC(CO)C(O)C(O)CCCCCCCCCCCCCCCCCCCCCC. The van der Waals surface area contributed by atoms with Crippen LogP contribution in [0.5, 0.6) is 0 Å². The fourth-order valence-electron chi connectivity index (χ4n) is 9.87. The van der Waals surface area contributed by atoms with Gasteiger partial charge in [-0.15, -0.1) is 0 Å². The van der Waals surface area contributed by atoms with Gasteiger partial charge in [-0.3, -0.25) is 4.79 Å². The van der Waals surface area contributed by atoms with Crippen LogP contribution < -0.4 is 5.32 Å². The second kappa shape index (κ2) is 55.0. The predicted molar refractivity (Wildman–Crippen MR) is 282 cm³/mol. The number of carbonyl (C=O) groups excluding carboxylic acids is 1. The Morgan fingerprint density at radius 3 is 0.750 bits per heavy atom. The highest BCUT2D eigenvalue weighted by molar-refractivity contribution is 5.76. The Balaban J connectivity index is 3.46. The predicted octanol–water partition coefficient (Wildman–Crippen LogP) is 18.5. The van der Waals surface area contributed by atoms with Gasteiger partial charge in [0.25, 0.3) is 0 Å². The number of amides is 1. The lowest BCUT2D eigenvalue weighted by atomic mass is 9.99. The van der Waals surface area contributed by atoms with Gasteiger partial charge in [-0.2, -0.15) is 0 Å². The molecule has 0 rings (SSSR count). The molecule has 0 saturated carbocycles. The normalized spacial score (nSPS) is 13.1. The van der Waals surface area contributed by atoms with Gasteiger partial charge in [0.15, 0.2) is 0 Å². The smallest absolute Gasteiger partial charge is 0.220 e. The molecule has 1 amide bonds. The molecule has 5 heteroatoms. The summed E-state index contributed by atoms with van der Waals surface area (Å²) < 4.78 is 0. The fraction of sp³-hybridized carbons (Fsp3) is 0.983. The van der Waals surface area contributed by atoms with E-state index in [1.807, 2.05) is 0 Å². The number of carbonyl (C=O) groups is 1. The third-order valence-corrected chi connectivity index (χ3v) is 14.5. The number of aliphatic hydroxyl groups is 3. The van der Waals surface area contributed by atoms with Crippen molar-refractivity contribution < 1.29 is 20.1 Å². The zero-order chi connectivity index (χ0) is 46.5. The van der Waals surface area contributed by atoms with Crippen molar-refractivity contribution in [3.8, 4) is 0 Å². The molecule has 5 nitrogen and oxygen atoms in total. The second-order valence-electron chi connectivity index (χ2n) is 20.9. The summed E-state index contributed by atoms with van der Waals surface area (Å²) in [6, 6.07) is -0.804. The molecule has 0 radical (unpaired) electrons. The zero-order valence-electron chi connectivity index (χ0n) is 44.0. The molecular weight excluding hydrogens is 787 g/mol. The highest BCUT2D eigenvalue weighted by Gasteiger charge is 2.26. The van der Waals surface area contributed by atoms with Crippen LogP contribution in [0.4, 0.5) is 0 Å². The monoisotopic (exact) mass is 906 g/mol. The van der Waals surface area contributed by atoms with Crippen molar-refractivity contribution in [2.24, 2.45) is 0 Å². The molecule has 0 aliphatic carbocycles. The number of unbranched alkanes of at least 4 members (excludes halogenated alkanes) is 48. The van der Waals surface area contributed by atoms with Crippen LogP contribution >= 0.6 is 0 Å². The van der Waals surface area contributed by atoms with E-state index in [4.69, 9.17) is 0 Å². The van der Waals surface area contributed by atoms with Gasteiger partial charge in [-0.1, -0.05) is 328 Å². The van der Waals surface area contributed by atoms with Gasteiger partial charge in [-0.05, 0) is 12.8 Å². The summed E-state index contributed by atoms with van der Waals surface area (Å²) in [5, 5.41) is 33.8. The molecule has 0 aliphatic heterocycles. The molecule has 3 unspecified atom stereocenters. The summed E-state index contributed by atoms with van der Waals surface area (Å²) in [5.41, 5.74) is 0. The molecule has 0 aromatic rings. The third kappa shape index (κ3) is 49.3. The van der Waals surface area contributed by atoms with Crippen LogP contribution in [0.2, 0.25) is 0 Å². The summed E-state index contributed by atoms with van der Waals surface area (Å²) >= 11 is 0. The number of aliphatic hydroxyl groups excluding tert-OH is 3. The fourth-order valence-corrected chi connectivity index (χ4v) is 9.87. The maximum absolute atomic E-state index is 12.5. The van der Waals surface area contributed by atoms with Crippen molar-refractivity contribution in [3.63, 3.8) is 0 Å². The Bertz CT molecular complexity index is 868. The molecule has 0 heterocycles. The van der Waals surface area contributed by atoms with E-state index >= 15 is 0 Å². The summed E-state index contributed by atoms with van der Waals surface area (Å²) in [5.74, 6) is -0.135. The van der Waals surface area contributed by atoms with Gasteiger partial charge in [0.2, 0.25) is 5.91 Å². The average Bonchev–Trinajstić information content (AvgIpc) is 3.30. The lowest BCUT2D eigenvalue weighted by Gasteiger charge is -2.26. The van der Waals surface area contributed by atoms with E-state index in [0.717, 1.165) is 32.1 Å². The van der Waals surface area contributed by atoms with Crippen molar-refractivity contribution in [1.29, 1.82) is 0 Å². The molecule has 0 aliphatic rings. The van der Waals surface area contributed by atoms with Crippen LogP contribution in [0.1, 0.15) is 348 Å². The quantitative estimate of drug-likeness (QED) is 0.0458.